The maximum atomic E-state index is 13.1. The van der Waals surface area contributed by atoms with Crippen molar-refractivity contribution in [3.8, 4) is 17.1 Å². The second-order valence-electron chi connectivity index (χ2n) is 7.32. The molecule has 2 heterocycles. The fourth-order valence-electron chi connectivity index (χ4n) is 3.64. The van der Waals surface area contributed by atoms with Gasteiger partial charge in [-0.25, -0.2) is 4.98 Å². The van der Waals surface area contributed by atoms with E-state index >= 15 is 0 Å². The van der Waals surface area contributed by atoms with Crippen LogP contribution in [0.2, 0.25) is 0 Å². The summed E-state index contributed by atoms with van der Waals surface area (Å²) in [6, 6.07) is 13.7. The second kappa shape index (κ2) is 9.01. The first kappa shape index (κ1) is 21.2. The lowest BCUT2D eigenvalue weighted by Gasteiger charge is -2.09. The van der Waals surface area contributed by atoms with Crippen molar-refractivity contribution < 1.29 is 9.66 Å². The van der Waals surface area contributed by atoms with E-state index in [4.69, 9.17) is 9.72 Å². The largest absolute Gasteiger partial charge is 0.493 e. The Balaban J connectivity index is 1.81. The highest BCUT2D eigenvalue weighted by atomic mass is 16.6. The molecule has 1 N–H and O–H groups in total. The predicted molar refractivity (Wildman–Crippen MR) is 121 cm³/mol. The van der Waals surface area contributed by atoms with Gasteiger partial charge in [-0.1, -0.05) is 37.6 Å². The number of benzene rings is 2. The van der Waals surface area contributed by atoms with Gasteiger partial charge in [-0.3, -0.25) is 19.6 Å². The molecule has 0 amide bonds. The highest BCUT2D eigenvalue weighted by Crippen LogP contribution is 2.28. The lowest BCUT2D eigenvalue weighted by molar-refractivity contribution is -0.384. The van der Waals surface area contributed by atoms with Crippen molar-refractivity contribution in [1.82, 2.24) is 19.7 Å². The molecule has 0 aliphatic rings. The van der Waals surface area contributed by atoms with Crippen molar-refractivity contribution in [3.63, 3.8) is 0 Å². The topological polar surface area (TPSA) is 116 Å². The van der Waals surface area contributed by atoms with E-state index in [-0.39, 0.29) is 11.2 Å². The zero-order valence-electron chi connectivity index (χ0n) is 17.9. The number of hydrogen-bond donors (Lipinski definition) is 1. The fourth-order valence-corrected chi connectivity index (χ4v) is 3.64. The summed E-state index contributed by atoms with van der Waals surface area (Å²) in [5.41, 5.74) is 2.90. The fraction of sp³-hybridized carbons (Fsp3) is 0.261. The summed E-state index contributed by atoms with van der Waals surface area (Å²) in [4.78, 5) is 31.2. The van der Waals surface area contributed by atoms with Crippen molar-refractivity contribution >= 4 is 16.7 Å². The van der Waals surface area contributed by atoms with Crippen LogP contribution in [0.3, 0.4) is 0 Å². The number of rotatable bonds is 8. The molecule has 4 aromatic rings. The minimum atomic E-state index is -0.442. The summed E-state index contributed by atoms with van der Waals surface area (Å²) in [5, 5.41) is 15.6. The summed E-state index contributed by atoms with van der Waals surface area (Å²) in [7, 11) is 0. The number of ether oxygens (including phenoxy) is 1. The average Bonchev–Trinajstić information content (AvgIpc) is 3.12. The minimum absolute atomic E-state index is 0.0165. The van der Waals surface area contributed by atoms with Gasteiger partial charge in [0.05, 0.1) is 29.3 Å². The van der Waals surface area contributed by atoms with Gasteiger partial charge in [-0.15, -0.1) is 0 Å². The molecule has 0 unspecified atom stereocenters. The predicted octanol–water partition coefficient (Wildman–Crippen LogP) is 4.09. The van der Waals surface area contributed by atoms with E-state index in [0.29, 0.717) is 47.7 Å². The summed E-state index contributed by atoms with van der Waals surface area (Å²) in [5.74, 6) is 1.08. The Morgan fingerprint density at radius 1 is 1.12 bits per heavy atom. The van der Waals surface area contributed by atoms with Crippen molar-refractivity contribution in [2.24, 2.45) is 0 Å². The van der Waals surface area contributed by atoms with Gasteiger partial charge in [0.25, 0.3) is 11.2 Å². The van der Waals surface area contributed by atoms with Gasteiger partial charge in [-0.05, 0) is 31.0 Å². The molecule has 4 rings (SSSR count). The van der Waals surface area contributed by atoms with Crippen molar-refractivity contribution in [3.05, 3.63) is 80.3 Å². The van der Waals surface area contributed by atoms with Crippen LogP contribution >= 0.6 is 0 Å². The number of H-pyrrole nitrogens is 1. The number of nitrogens with zero attached hydrogens (tertiary/aromatic N) is 4. The highest BCUT2D eigenvalue weighted by Gasteiger charge is 2.19. The Morgan fingerprint density at radius 2 is 1.88 bits per heavy atom. The number of aromatic nitrogens is 4. The van der Waals surface area contributed by atoms with E-state index in [1.807, 2.05) is 38.1 Å². The summed E-state index contributed by atoms with van der Waals surface area (Å²) in [6.45, 7) is 4.74. The van der Waals surface area contributed by atoms with Crippen LogP contribution in [0.4, 0.5) is 5.69 Å². The smallest absolute Gasteiger partial charge is 0.277 e. The Bertz CT molecular complexity index is 1320. The van der Waals surface area contributed by atoms with Gasteiger partial charge in [-0.2, -0.15) is 5.10 Å². The number of hydrogen-bond acceptors (Lipinski definition) is 6. The molecule has 0 radical (unpaired) electrons. The zero-order valence-corrected chi connectivity index (χ0v) is 17.9. The van der Waals surface area contributed by atoms with Gasteiger partial charge in [0.1, 0.15) is 17.1 Å². The zero-order chi connectivity index (χ0) is 22.7. The number of nitrogens with one attached hydrogen (secondary N) is 1. The van der Waals surface area contributed by atoms with Gasteiger partial charge >= 0.3 is 0 Å². The molecule has 164 valence electrons. The molecule has 0 saturated heterocycles. The summed E-state index contributed by atoms with van der Waals surface area (Å²) in [6.07, 6.45) is 1.52. The summed E-state index contributed by atoms with van der Waals surface area (Å²) >= 11 is 0. The van der Waals surface area contributed by atoms with E-state index in [9.17, 15) is 14.9 Å². The third kappa shape index (κ3) is 4.09. The van der Waals surface area contributed by atoms with Gasteiger partial charge in [0.2, 0.25) is 0 Å². The number of non-ortho nitro benzene ring substituents is 1. The number of para-hydroxylation sites is 1. The normalized spacial score (nSPS) is 11.1. The maximum Gasteiger partial charge on any atom is 0.277 e. The molecule has 0 spiro atoms. The summed E-state index contributed by atoms with van der Waals surface area (Å²) < 4.78 is 7.32. The molecule has 0 bridgehead atoms. The molecule has 0 aliphatic carbocycles. The molecule has 0 aliphatic heterocycles. The first-order valence-corrected chi connectivity index (χ1v) is 10.5. The molecule has 2 aromatic carbocycles. The van der Waals surface area contributed by atoms with Crippen molar-refractivity contribution in [2.45, 2.75) is 33.2 Å². The van der Waals surface area contributed by atoms with Crippen molar-refractivity contribution in [2.75, 3.05) is 6.61 Å². The van der Waals surface area contributed by atoms with E-state index in [0.717, 1.165) is 17.7 Å². The lowest BCUT2D eigenvalue weighted by Crippen LogP contribution is -2.15. The highest BCUT2D eigenvalue weighted by molar-refractivity contribution is 5.80. The third-order valence-corrected chi connectivity index (χ3v) is 5.08. The van der Waals surface area contributed by atoms with E-state index in [1.165, 1.54) is 12.1 Å². The van der Waals surface area contributed by atoms with Crippen LogP contribution in [0.15, 0.2) is 53.3 Å². The molecule has 2 aromatic heterocycles. The Kier molecular flexibility index (Phi) is 5.98. The minimum Gasteiger partial charge on any atom is -0.493 e. The average molecular weight is 433 g/mol. The second-order valence-corrected chi connectivity index (χ2v) is 7.32. The van der Waals surface area contributed by atoms with Crippen LogP contribution in [-0.2, 0) is 13.0 Å². The van der Waals surface area contributed by atoms with E-state index < -0.39 is 4.92 Å². The SMILES string of the molecule is CCCc1nn(Cc2ccc([N+](=O)[O-])cc2)c2c(=O)[nH]c(-c3ccccc3OCC)nc12. The van der Waals surface area contributed by atoms with Crippen LogP contribution in [0.25, 0.3) is 22.4 Å². The Morgan fingerprint density at radius 3 is 2.56 bits per heavy atom. The molecule has 9 nitrogen and oxygen atoms in total. The third-order valence-electron chi connectivity index (χ3n) is 5.08. The number of nitro groups is 1. The van der Waals surface area contributed by atoms with Crippen LogP contribution < -0.4 is 10.3 Å². The lowest BCUT2D eigenvalue weighted by atomic mass is 10.1. The number of fused-ring (bicyclic) bond motifs is 1. The van der Waals surface area contributed by atoms with Gasteiger partial charge in [0, 0.05) is 12.1 Å². The Hall–Kier alpha value is -4.01. The van der Waals surface area contributed by atoms with Crippen LogP contribution in [0.1, 0.15) is 31.5 Å². The van der Waals surface area contributed by atoms with Crippen LogP contribution in [-0.4, -0.2) is 31.3 Å². The molecule has 0 atom stereocenters. The molecular formula is C23H23N5O4. The maximum absolute atomic E-state index is 13.1. The number of aromatic amines is 1. The quantitative estimate of drug-likeness (QED) is 0.330. The Labute approximate surface area is 183 Å². The number of nitro benzene ring substituents is 1. The number of aryl methyl sites for hydroxylation is 1. The first-order valence-electron chi connectivity index (χ1n) is 10.5. The molecule has 32 heavy (non-hydrogen) atoms. The van der Waals surface area contributed by atoms with Crippen LogP contribution in [0.5, 0.6) is 5.75 Å². The molecule has 9 heteroatoms. The molecule has 0 fully saturated rings. The van der Waals surface area contributed by atoms with Crippen molar-refractivity contribution in [1.29, 1.82) is 0 Å². The monoisotopic (exact) mass is 433 g/mol. The van der Waals surface area contributed by atoms with Gasteiger partial charge < -0.3 is 9.72 Å². The van der Waals surface area contributed by atoms with Crippen LogP contribution in [0, 0.1) is 10.1 Å². The first-order chi connectivity index (χ1) is 15.5. The standard InChI is InChI=1S/C23H23N5O4/c1-3-7-18-20-21(27(26-18)14-15-10-12-16(13-11-15)28(30)31)23(29)25-22(24-20)17-8-5-6-9-19(17)32-4-2/h5-6,8-13H,3-4,7,14H2,1-2H3,(H,24,25,29). The molecule has 0 saturated carbocycles. The van der Waals surface area contributed by atoms with E-state index in [2.05, 4.69) is 10.1 Å². The van der Waals surface area contributed by atoms with Gasteiger partial charge in [0.15, 0.2) is 5.52 Å². The molecular weight excluding hydrogens is 410 g/mol. The van der Waals surface area contributed by atoms with E-state index in [1.54, 1.807) is 16.8 Å².